The van der Waals surface area contributed by atoms with E-state index in [9.17, 15) is 0 Å². The Morgan fingerprint density at radius 1 is 1.25 bits per heavy atom. The molecular weight excluding hydrogens is 336 g/mol. The molecule has 1 saturated heterocycles. The molecule has 2 N–H and O–H groups in total. The summed E-state index contributed by atoms with van der Waals surface area (Å²) in [6, 6.07) is 9.49. The molecule has 0 radical (unpaired) electrons. The van der Waals surface area contributed by atoms with Gasteiger partial charge in [0.25, 0.3) is 0 Å². The lowest BCUT2D eigenvalue weighted by molar-refractivity contribution is 0.244. The zero-order valence-electron chi connectivity index (χ0n) is 12.0. The maximum atomic E-state index is 6.31. The molecule has 20 heavy (non-hydrogen) atoms. The SMILES string of the molecule is CC(c1ccccc1Br)N1CC2CCCC(N)C2C1.Cl. The standard InChI is InChI=1S/C16H23BrN2.ClH/c1-11(13-6-2-3-7-15(13)17)19-9-12-5-4-8-16(18)14(12)10-19;/h2-3,6-7,11-12,14,16H,4-5,8-10,18H2,1H3;1H. The van der Waals surface area contributed by atoms with Crippen LogP contribution in [0.15, 0.2) is 28.7 Å². The number of rotatable bonds is 2. The van der Waals surface area contributed by atoms with E-state index in [4.69, 9.17) is 5.73 Å². The second-order valence-corrected chi connectivity index (χ2v) is 7.02. The van der Waals surface area contributed by atoms with Crippen LogP contribution in [0.5, 0.6) is 0 Å². The summed E-state index contributed by atoms with van der Waals surface area (Å²) in [5, 5.41) is 0. The van der Waals surface area contributed by atoms with Crippen LogP contribution in [0.2, 0.25) is 0 Å². The van der Waals surface area contributed by atoms with Crippen molar-refractivity contribution in [1.29, 1.82) is 0 Å². The van der Waals surface area contributed by atoms with Gasteiger partial charge in [0.2, 0.25) is 0 Å². The predicted octanol–water partition coefficient (Wildman–Crippen LogP) is 3.99. The predicted molar refractivity (Wildman–Crippen MR) is 90.2 cm³/mol. The molecule has 0 bridgehead atoms. The highest BCUT2D eigenvalue weighted by atomic mass is 79.9. The third-order valence-electron chi connectivity index (χ3n) is 5.09. The fourth-order valence-electron chi connectivity index (χ4n) is 3.88. The molecule has 3 rings (SSSR count). The van der Waals surface area contributed by atoms with Gasteiger partial charge in [-0.2, -0.15) is 0 Å². The number of hydrogen-bond acceptors (Lipinski definition) is 2. The summed E-state index contributed by atoms with van der Waals surface area (Å²) < 4.78 is 1.22. The second-order valence-electron chi connectivity index (χ2n) is 6.17. The Hall–Kier alpha value is -0.0900. The lowest BCUT2D eigenvalue weighted by Crippen LogP contribution is -2.38. The minimum atomic E-state index is 0. The Morgan fingerprint density at radius 2 is 2.00 bits per heavy atom. The summed E-state index contributed by atoms with van der Waals surface area (Å²) >= 11 is 3.68. The first kappa shape index (κ1) is 16.3. The highest BCUT2D eigenvalue weighted by Crippen LogP contribution is 2.39. The number of nitrogens with zero attached hydrogens (tertiary/aromatic N) is 1. The van der Waals surface area contributed by atoms with Gasteiger partial charge in [0.1, 0.15) is 0 Å². The van der Waals surface area contributed by atoms with E-state index >= 15 is 0 Å². The molecule has 1 aliphatic carbocycles. The molecule has 4 atom stereocenters. The largest absolute Gasteiger partial charge is 0.327 e. The van der Waals surface area contributed by atoms with Crippen LogP contribution >= 0.6 is 28.3 Å². The topological polar surface area (TPSA) is 29.3 Å². The van der Waals surface area contributed by atoms with Crippen molar-refractivity contribution in [2.45, 2.75) is 38.3 Å². The molecular formula is C16H24BrClN2. The van der Waals surface area contributed by atoms with Gasteiger partial charge in [-0.3, -0.25) is 4.90 Å². The summed E-state index contributed by atoms with van der Waals surface area (Å²) in [6.07, 6.45) is 3.91. The van der Waals surface area contributed by atoms with Gasteiger partial charge in [-0.05, 0) is 43.2 Å². The summed E-state index contributed by atoms with van der Waals surface area (Å²) in [5.74, 6) is 1.55. The van der Waals surface area contributed by atoms with Gasteiger partial charge in [-0.25, -0.2) is 0 Å². The van der Waals surface area contributed by atoms with E-state index in [2.05, 4.69) is 52.0 Å². The van der Waals surface area contributed by atoms with Crippen LogP contribution in [0.1, 0.15) is 37.8 Å². The average molecular weight is 360 g/mol. The van der Waals surface area contributed by atoms with Crippen molar-refractivity contribution >= 4 is 28.3 Å². The normalized spacial score (nSPS) is 31.4. The fourth-order valence-corrected chi connectivity index (χ4v) is 4.49. The van der Waals surface area contributed by atoms with E-state index in [0.717, 1.165) is 11.8 Å². The molecule has 112 valence electrons. The number of benzene rings is 1. The van der Waals surface area contributed by atoms with Crippen LogP contribution in [0.3, 0.4) is 0 Å². The Morgan fingerprint density at radius 3 is 2.70 bits per heavy atom. The van der Waals surface area contributed by atoms with E-state index in [1.165, 1.54) is 42.4 Å². The molecule has 2 aliphatic rings. The first-order chi connectivity index (χ1) is 9.16. The molecule has 0 amide bonds. The maximum absolute atomic E-state index is 6.31. The van der Waals surface area contributed by atoms with Crippen LogP contribution in [0.25, 0.3) is 0 Å². The highest BCUT2D eigenvalue weighted by Gasteiger charge is 2.40. The number of likely N-dealkylation sites (tertiary alicyclic amines) is 1. The van der Waals surface area contributed by atoms with Crippen molar-refractivity contribution in [3.05, 3.63) is 34.3 Å². The smallest absolute Gasteiger partial charge is 0.0331 e. The van der Waals surface area contributed by atoms with Crippen molar-refractivity contribution in [3.8, 4) is 0 Å². The third kappa shape index (κ3) is 3.06. The molecule has 4 heteroatoms. The minimum absolute atomic E-state index is 0. The van der Waals surface area contributed by atoms with Gasteiger partial charge in [-0.1, -0.05) is 40.5 Å². The number of fused-ring (bicyclic) bond motifs is 1. The second kappa shape index (κ2) is 6.78. The van der Waals surface area contributed by atoms with Crippen LogP contribution in [0, 0.1) is 11.8 Å². The van der Waals surface area contributed by atoms with Gasteiger partial charge >= 0.3 is 0 Å². The van der Waals surface area contributed by atoms with E-state index < -0.39 is 0 Å². The zero-order valence-corrected chi connectivity index (χ0v) is 14.4. The van der Waals surface area contributed by atoms with E-state index in [-0.39, 0.29) is 12.4 Å². The monoisotopic (exact) mass is 358 g/mol. The fraction of sp³-hybridized carbons (Fsp3) is 0.625. The number of hydrogen-bond donors (Lipinski definition) is 1. The van der Waals surface area contributed by atoms with Crippen LogP contribution < -0.4 is 5.73 Å². The Labute approximate surface area is 136 Å². The molecule has 1 aliphatic heterocycles. The van der Waals surface area contributed by atoms with Crippen LogP contribution in [0.4, 0.5) is 0 Å². The average Bonchev–Trinajstić information content (AvgIpc) is 2.84. The highest BCUT2D eigenvalue weighted by molar-refractivity contribution is 9.10. The first-order valence-electron chi connectivity index (χ1n) is 7.41. The molecule has 4 unspecified atom stereocenters. The minimum Gasteiger partial charge on any atom is -0.327 e. The van der Waals surface area contributed by atoms with E-state index in [1.54, 1.807) is 0 Å². The van der Waals surface area contributed by atoms with Gasteiger partial charge in [-0.15, -0.1) is 12.4 Å². The lowest BCUT2D eigenvalue weighted by Gasteiger charge is -2.30. The Bertz CT molecular complexity index is 454. The maximum Gasteiger partial charge on any atom is 0.0331 e. The summed E-state index contributed by atoms with van der Waals surface area (Å²) in [5.41, 5.74) is 7.71. The molecule has 1 aromatic rings. The lowest BCUT2D eigenvalue weighted by atomic mass is 9.78. The van der Waals surface area contributed by atoms with Crippen molar-refractivity contribution < 1.29 is 0 Å². The number of nitrogens with two attached hydrogens (primary N) is 1. The Kier molecular flexibility index (Phi) is 5.52. The van der Waals surface area contributed by atoms with Gasteiger partial charge in [0, 0.05) is 29.6 Å². The van der Waals surface area contributed by atoms with Gasteiger partial charge < -0.3 is 5.73 Å². The van der Waals surface area contributed by atoms with Gasteiger partial charge in [0.05, 0.1) is 0 Å². The van der Waals surface area contributed by atoms with Crippen LogP contribution in [-0.2, 0) is 0 Å². The molecule has 1 aromatic carbocycles. The van der Waals surface area contributed by atoms with Crippen molar-refractivity contribution in [1.82, 2.24) is 4.90 Å². The Balaban J connectivity index is 0.00000147. The molecule has 0 aromatic heterocycles. The van der Waals surface area contributed by atoms with E-state index in [1.807, 2.05) is 0 Å². The molecule has 2 nitrogen and oxygen atoms in total. The third-order valence-corrected chi connectivity index (χ3v) is 5.81. The number of halogens is 2. The summed E-state index contributed by atoms with van der Waals surface area (Å²) in [4.78, 5) is 2.63. The molecule has 1 heterocycles. The summed E-state index contributed by atoms with van der Waals surface area (Å²) in [7, 11) is 0. The van der Waals surface area contributed by atoms with Crippen LogP contribution in [-0.4, -0.2) is 24.0 Å². The molecule has 1 saturated carbocycles. The quantitative estimate of drug-likeness (QED) is 0.865. The summed E-state index contributed by atoms with van der Waals surface area (Å²) in [6.45, 7) is 4.72. The van der Waals surface area contributed by atoms with Gasteiger partial charge in [0.15, 0.2) is 0 Å². The molecule has 2 fully saturated rings. The first-order valence-corrected chi connectivity index (χ1v) is 8.20. The molecule has 0 spiro atoms. The van der Waals surface area contributed by atoms with Crippen molar-refractivity contribution in [2.75, 3.05) is 13.1 Å². The van der Waals surface area contributed by atoms with E-state index in [0.29, 0.717) is 12.1 Å². The zero-order chi connectivity index (χ0) is 13.4. The van der Waals surface area contributed by atoms with Crippen molar-refractivity contribution in [2.24, 2.45) is 17.6 Å². The van der Waals surface area contributed by atoms with Crippen molar-refractivity contribution in [3.63, 3.8) is 0 Å².